The van der Waals surface area contributed by atoms with Crippen LogP contribution in [0.3, 0.4) is 0 Å². The molecule has 0 radical (unpaired) electrons. The Morgan fingerprint density at radius 3 is 1.41 bits per heavy atom. The van der Waals surface area contributed by atoms with E-state index in [2.05, 4.69) is 40.2 Å². The fourth-order valence-electron chi connectivity index (χ4n) is 8.11. The number of aliphatic hydroxyl groups is 4. The molecule has 8 rings (SSSR count). The van der Waals surface area contributed by atoms with Crippen LogP contribution < -0.4 is 37.3 Å². The van der Waals surface area contributed by atoms with Gasteiger partial charge in [0.1, 0.15) is 31.1 Å². The lowest BCUT2D eigenvalue weighted by molar-refractivity contribution is -0.941. The summed E-state index contributed by atoms with van der Waals surface area (Å²) in [6.07, 6.45) is 1.48. The van der Waals surface area contributed by atoms with Gasteiger partial charge in [-0.05, 0) is 60.5 Å². The zero-order valence-corrected chi connectivity index (χ0v) is 45.0. The van der Waals surface area contributed by atoms with E-state index in [0.29, 0.717) is 93.5 Å². The number of hydrogen-bond donors (Lipinski definition) is 4. The Bertz CT molecular complexity index is 2970. The number of aliphatic hydroxyl groups excluding tert-OH is 4. The number of ether oxygens (including phenoxy) is 2. The van der Waals surface area contributed by atoms with Gasteiger partial charge in [0.25, 0.3) is 0 Å². The highest BCUT2D eigenvalue weighted by Crippen LogP contribution is 2.37. The molecule has 0 amide bonds. The number of fused-ring (bicyclic) bond motifs is 4. The second-order valence-corrected chi connectivity index (χ2v) is 19.7. The van der Waals surface area contributed by atoms with Crippen LogP contribution in [-0.4, -0.2) is 109 Å². The second kappa shape index (κ2) is 29.5. The first-order valence-corrected chi connectivity index (χ1v) is 26.3. The van der Waals surface area contributed by atoms with E-state index in [1.807, 2.05) is 95.9 Å². The van der Waals surface area contributed by atoms with Crippen LogP contribution in [0.5, 0.6) is 11.5 Å². The van der Waals surface area contributed by atoms with Crippen LogP contribution in [0.2, 0.25) is 10.0 Å². The lowest BCUT2D eigenvalue weighted by Gasteiger charge is -2.38. The third-order valence-electron chi connectivity index (χ3n) is 11.5. The van der Waals surface area contributed by atoms with Gasteiger partial charge in [0.15, 0.2) is 10.9 Å². The summed E-state index contributed by atoms with van der Waals surface area (Å²) in [6, 6.07) is 42.5. The molecular weight excluding hydrogens is 1100 g/mol. The minimum absolute atomic E-state index is 0. The molecule has 6 aromatic carbocycles. The summed E-state index contributed by atoms with van der Waals surface area (Å²) in [5.74, 6) is 1.30. The minimum Gasteiger partial charge on any atom is -1.00 e. The van der Waals surface area contributed by atoms with Crippen LogP contribution in [-0.2, 0) is 11.9 Å². The summed E-state index contributed by atoms with van der Waals surface area (Å²) >= 11 is 19.1. The van der Waals surface area contributed by atoms with Crippen molar-refractivity contribution >= 4 is 102 Å². The number of nitrogens with zero attached hydrogens (tertiary/aromatic N) is 2. The summed E-state index contributed by atoms with van der Waals surface area (Å²) in [7, 11) is 0. The molecule has 0 atom stereocenters. The van der Waals surface area contributed by atoms with Crippen molar-refractivity contribution in [3.8, 4) is 11.5 Å². The molecule has 2 aromatic heterocycles. The molecule has 0 bridgehead atoms. The van der Waals surface area contributed by atoms with Gasteiger partial charge in [-0.1, -0.05) is 124 Å². The van der Waals surface area contributed by atoms with E-state index < -0.39 is 0 Å². The van der Waals surface area contributed by atoms with Crippen LogP contribution in [0.25, 0.3) is 40.3 Å². The van der Waals surface area contributed by atoms with Crippen molar-refractivity contribution in [3.05, 3.63) is 175 Å². The molecule has 372 valence electrons. The first kappa shape index (κ1) is 56.9. The third-order valence-corrected chi connectivity index (χ3v) is 15.2. The molecule has 2 heterocycles. The second-order valence-electron chi connectivity index (χ2n) is 16.3. The number of alkyl halides is 1. The van der Waals surface area contributed by atoms with Gasteiger partial charge in [0.05, 0.1) is 76.4 Å². The highest BCUT2D eigenvalue weighted by molar-refractivity contribution is 9.08. The number of halogens is 4. The Morgan fingerprint density at radius 2 is 0.971 bits per heavy atom. The topological polar surface area (TPSA) is 137 Å². The maximum absolute atomic E-state index is 13.1. The van der Waals surface area contributed by atoms with E-state index in [1.54, 1.807) is 18.2 Å². The van der Waals surface area contributed by atoms with Crippen molar-refractivity contribution in [3.63, 3.8) is 0 Å². The molecule has 0 aliphatic heterocycles. The van der Waals surface area contributed by atoms with Crippen LogP contribution in [0.15, 0.2) is 143 Å². The van der Waals surface area contributed by atoms with Crippen molar-refractivity contribution in [2.24, 2.45) is 0 Å². The molecule has 0 aliphatic carbocycles. The summed E-state index contributed by atoms with van der Waals surface area (Å²) in [6.45, 7) is 5.52. The number of benzene rings is 6. The van der Waals surface area contributed by atoms with E-state index in [4.69, 9.17) is 42.9 Å². The first-order valence-electron chi connectivity index (χ1n) is 22.8. The van der Waals surface area contributed by atoms with E-state index in [0.717, 1.165) is 50.1 Å². The molecule has 16 heteroatoms. The highest BCUT2D eigenvalue weighted by Gasteiger charge is 2.27. The SMILES string of the molecule is BrCc1ccccc1.O=c1c2ccccc2sc2c(OCCCN(CCO)CCO)ccc(Cl)c12.O=c1c2ccccc2sc2c(OCCC[N+](CCO)(CCO)Cc3ccccc3)ccc(Cl)c12.[Br-]. The Labute approximate surface area is 445 Å². The molecular formula is C54H58Br2Cl2N2O8S2. The van der Waals surface area contributed by atoms with E-state index >= 15 is 0 Å². The van der Waals surface area contributed by atoms with Gasteiger partial charge in [-0.2, -0.15) is 0 Å². The smallest absolute Gasteiger partial charge is 0.197 e. The molecule has 10 nitrogen and oxygen atoms in total. The zero-order valence-electron chi connectivity index (χ0n) is 38.7. The third kappa shape index (κ3) is 15.5. The zero-order chi connectivity index (χ0) is 49.0. The van der Waals surface area contributed by atoms with Gasteiger partial charge in [-0.15, -0.1) is 22.7 Å². The highest BCUT2D eigenvalue weighted by atomic mass is 79.9. The van der Waals surface area contributed by atoms with Gasteiger partial charge < -0.3 is 51.4 Å². The van der Waals surface area contributed by atoms with Crippen LogP contribution in [0, 0.1) is 0 Å². The molecule has 70 heavy (non-hydrogen) atoms. The average Bonchev–Trinajstić information content (AvgIpc) is 3.36. The largest absolute Gasteiger partial charge is 1.00 e. The monoisotopic (exact) mass is 1150 g/mol. The maximum Gasteiger partial charge on any atom is 0.197 e. The number of quaternary nitrogens is 1. The Morgan fingerprint density at radius 1 is 0.529 bits per heavy atom. The van der Waals surface area contributed by atoms with Crippen LogP contribution >= 0.6 is 61.8 Å². The fourth-order valence-corrected chi connectivity index (χ4v) is 11.4. The molecule has 0 unspecified atom stereocenters. The molecule has 0 fully saturated rings. The van der Waals surface area contributed by atoms with Crippen molar-refractivity contribution in [2.45, 2.75) is 24.7 Å². The summed E-state index contributed by atoms with van der Waals surface area (Å²) < 4.78 is 16.0. The normalized spacial score (nSPS) is 11.3. The molecule has 8 aromatic rings. The molecule has 0 aliphatic rings. The standard InChI is InChI=1S/C27H29ClNO4S.C20H22ClNO4S.C7H7Br.BrH/c28-22-11-12-23(27-25(22)26(32)21-9-4-5-10-24(21)34-27)33-18-6-13-29(14-16-30,15-17-31)19-20-7-2-1-3-8-20;21-15-6-7-16(26-13-3-8-22(9-11-23)10-12-24)20-18(15)19(25)14-4-1-2-5-17(14)27-20;8-6-7-4-2-1-3-5-7;/h1-5,7-12,30-31H,6,13-19H2;1-2,4-7,23-24H,3,8-13H2;1-5H,6H2;1H/q+1;;;/p-1. The van der Waals surface area contributed by atoms with Gasteiger partial charge in [-0.25, -0.2) is 0 Å². The Kier molecular flexibility index (Phi) is 24.0. The maximum atomic E-state index is 13.1. The predicted molar refractivity (Wildman–Crippen MR) is 290 cm³/mol. The summed E-state index contributed by atoms with van der Waals surface area (Å²) in [5.41, 5.74) is 2.34. The quantitative estimate of drug-likeness (QED) is 0.0249. The molecule has 0 saturated carbocycles. The lowest BCUT2D eigenvalue weighted by atomic mass is 10.1. The van der Waals surface area contributed by atoms with Crippen molar-refractivity contribution in [1.82, 2.24) is 4.90 Å². The van der Waals surface area contributed by atoms with E-state index in [9.17, 15) is 19.8 Å². The van der Waals surface area contributed by atoms with Gasteiger partial charge in [-0.3, -0.25) is 14.5 Å². The summed E-state index contributed by atoms with van der Waals surface area (Å²) in [5, 5.41) is 41.7. The van der Waals surface area contributed by atoms with Gasteiger partial charge in [0.2, 0.25) is 0 Å². The van der Waals surface area contributed by atoms with E-state index in [-0.39, 0.29) is 54.3 Å². The van der Waals surface area contributed by atoms with Gasteiger partial charge >= 0.3 is 0 Å². The lowest BCUT2D eigenvalue weighted by Crippen LogP contribution is -3.00. The van der Waals surface area contributed by atoms with Crippen LogP contribution in [0.4, 0.5) is 0 Å². The van der Waals surface area contributed by atoms with Crippen molar-refractivity contribution < 1.29 is 51.4 Å². The predicted octanol–water partition coefficient (Wildman–Crippen LogP) is 7.55. The number of hydrogen-bond acceptors (Lipinski definition) is 11. The first-order chi connectivity index (χ1) is 33.6. The van der Waals surface area contributed by atoms with Crippen molar-refractivity contribution in [2.75, 3.05) is 78.9 Å². The number of rotatable bonds is 21. The Hall–Kier alpha value is -4.00. The molecule has 4 N–H and O–H groups in total. The van der Waals surface area contributed by atoms with E-state index in [1.165, 1.54) is 33.8 Å². The summed E-state index contributed by atoms with van der Waals surface area (Å²) in [4.78, 5) is 27.9. The average molecular weight is 1160 g/mol. The van der Waals surface area contributed by atoms with Gasteiger partial charge in [0, 0.05) is 57.1 Å². The Balaban J connectivity index is 0.000000226. The van der Waals surface area contributed by atoms with Crippen molar-refractivity contribution in [1.29, 1.82) is 0 Å². The molecule has 0 spiro atoms. The fraction of sp³-hybridized carbons (Fsp3) is 0.296. The van der Waals surface area contributed by atoms with Crippen LogP contribution in [0.1, 0.15) is 24.0 Å². The molecule has 0 saturated heterocycles. The minimum atomic E-state index is -0.0794.